The summed E-state index contributed by atoms with van der Waals surface area (Å²) in [5.74, 6) is 6.87. The average molecular weight is 295 g/mol. The molecule has 7 heteroatoms. The third-order valence-electron chi connectivity index (χ3n) is 3.61. The molecule has 110 valence electrons. The lowest BCUT2D eigenvalue weighted by Crippen LogP contribution is -2.11. The van der Waals surface area contributed by atoms with Crippen molar-refractivity contribution in [2.75, 3.05) is 11.2 Å². The highest BCUT2D eigenvalue weighted by Gasteiger charge is 2.27. The second kappa shape index (κ2) is 4.83. The Kier molecular flexibility index (Phi) is 2.81. The number of hydrazine groups is 1. The molecule has 0 saturated carbocycles. The van der Waals surface area contributed by atoms with Crippen molar-refractivity contribution in [1.82, 2.24) is 9.97 Å². The third kappa shape index (κ3) is 1.92. The highest BCUT2D eigenvalue weighted by molar-refractivity contribution is 5.90. The van der Waals surface area contributed by atoms with Crippen LogP contribution in [0.3, 0.4) is 0 Å². The number of fused-ring (bicyclic) bond motifs is 2. The number of nitrogens with two attached hydrogens (primary N) is 2. The summed E-state index contributed by atoms with van der Waals surface area (Å²) >= 11 is 0. The van der Waals surface area contributed by atoms with Gasteiger partial charge in [0.1, 0.15) is 0 Å². The largest absolute Gasteiger partial charge is 0.368 e. The van der Waals surface area contributed by atoms with E-state index in [1.807, 2.05) is 42.5 Å². The lowest BCUT2D eigenvalue weighted by Gasteiger charge is -2.11. The van der Waals surface area contributed by atoms with Crippen LogP contribution in [0.25, 0.3) is 10.9 Å². The van der Waals surface area contributed by atoms with Crippen molar-refractivity contribution in [1.29, 1.82) is 0 Å². The summed E-state index contributed by atoms with van der Waals surface area (Å²) in [5, 5.41) is 0.766. The molecule has 7 nitrogen and oxygen atoms in total. The summed E-state index contributed by atoms with van der Waals surface area (Å²) in [6.07, 6.45) is -0.302. The van der Waals surface area contributed by atoms with Gasteiger partial charge in [0.15, 0.2) is 17.7 Å². The molecule has 0 spiro atoms. The smallest absolute Gasteiger partial charge is 0.222 e. The Morgan fingerprint density at radius 1 is 1.09 bits per heavy atom. The SMILES string of the molecule is NNc1nc(N)nc2ccc(C3OOc4ccccc43)cc12. The lowest BCUT2D eigenvalue weighted by molar-refractivity contribution is -0.212. The standard InChI is InChI=1S/C15H13N5O2/c16-15-18-11-6-5-8(7-10(11)14(19-15)20-17)13-9-3-1-2-4-12(9)21-22-13/h1-7,13H,17H2,(H3,16,18,19,20). The number of para-hydroxylation sites is 1. The van der Waals surface area contributed by atoms with E-state index in [2.05, 4.69) is 15.4 Å². The van der Waals surface area contributed by atoms with E-state index < -0.39 is 0 Å². The van der Waals surface area contributed by atoms with Gasteiger partial charge in [-0.25, -0.2) is 10.8 Å². The summed E-state index contributed by atoms with van der Waals surface area (Å²) in [4.78, 5) is 19.0. The first kappa shape index (κ1) is 12.8. The van der Waals surface area contributed by atoms with Crippen molar-refractivity contribution >= 4 is 22.7 Å². The molecule has 0 aliphatic carbocycles. The monoisotopic (exact) mass is 295 g/mol. The summed E-state index contributed by atoms with van der Waals surface area (Å²) in [6, 6.07) is 13.4. The van der Waals surface area contributed by atoms with Crippen LogP contribution in [0.1, 0.15) is 17.2 Å². The van der Waals surface area contributed by atoms with Gasteiger partial charge < -0.3 is 16.0 Å². The maximum atomic E-state index is 5.66. The molecule has 0 bridgehead atoms. The number of hydrogen-bond acceptors (Lipinski definition) is 7. The van der Waals surface area contributed by atoms with Crippen LogP contribution < -0.4 is 21.9 Å². The number of rotatable bonds is 2. The third-order valence-corrected chi connectivity index (χ3v) is 3.61. The van der Waals surface area contributed by atoms with Crippen molar-refractivity contribution in [3.8, 4) is 5.75 Å². The second-order valence-electron chi connectivity index (χ2n) is 4.95. The van der Waals surface area contributed by atoms with Crippen LogP contribution in [-0.4, -0.2) is 9.97 Å². The van der Waals surface area contributed by atoms with Crippen molar-refractivity contribution in [2.24, 2.45) is 5.84 Å². The molecule has 1 aromatic heterocycles. The fourth-order valence-corrected chi connectivity index (χ4v) is 2.60. The summed E-state index contributed by atoms with van der Waals surface area (Å²) in [7, 11) is 0. The topological polar surface area (TPSA) is 108 Å². The molecule has 1 aliphatic rings. The normalized spacial score (nSPS) is 16.3. The molecular formula is C15H13N5O2. The Morgan fingerprint density at radius 2 is 1.95 bits per heavy atom. The predicted octanol–water partition coefficient (Wildman–Crippen LogP) is 1.91. The fourth-order valence-electron chi connectivity index (χ4n) is 2.60. The van der Waals surface area contributed by atoms with Gasteiger partial charge in [0.25, 0.3) is 0 Å². The minimum absolute atomic E-state index is 0.166. The first-order chi connectivity index (χ1) is 10.8. The highest BCUT2D eigenvalue weighted by Crippen LogP contribution is 2.39. The average Bonchev–Trinajstić information content (AvgIpc) is 2.97. The zero-order valence-corrected chi connectivity index (χ0v) is 11.5. The molecule has 2 aromatic carbocycles. The van der Waals surface area contributed by atoms with Gasteiger partial charge in [0.2, 0.25) is 5.95 Å². The molecular weight excluding hydrogens is 282 g/mol. The van der Waals surface area contributed by atoms with Crippen LogP contribution in [0.15, 0.2) is 42.5 Å². The quantitative estimate of drug-likeness (QED) is 0.376. The number of benzene rings is 2. The molecule has 5 N–H and O–H groups in total. The molecule has 2 heterocycles. The summed E-state index contributed by atoms with van der Waals surface area (Å²) < 4.78 is 0. The molecule has 0 amide bonds. The Hall–Kier alpha value is -2.90. The minimum atomic E-state index is -0.302. The van der Waals surface area contributed by atoms with Gasteiger partial charge in [-0.05, 0) is 23.8 Å². The predicted molar refractivity (Wildman–Crippen MR) is 81.8 cm³/mol. The molecule has 1 unspecified atom stereocenters. The number of hydrogen-bond donors (Lipinski definition) is 3. The van der Waals surface area contributed by atoms with Gasteiger partial charge >= 0.3 is 0 Å². The van der Waals surface area contributed by atoms with Gasteiger partial charge in [-0.2, -0.15) is 9.87 Å². The van der Waals surface area contributed by atoms with E-state index in [1.165, 1.54) is 0 Å². The number of nitrogens with one attached hydrogen (secondary N) is 1. The fraction of sp³-hybridized carbons (Fsp3) is 0.0667. The molecule has 22 heavy (non-hydrogen) atoms. The van der Waals surface area contributed by atoms with Gasteiger partial charge in [-0.1, -0.05) is 24.3 Å². The second-order valence-corrected chi connectivity index (χ2v) is 4.95. The molecule has 0 radical (unpaired) electrons. The molecule has 1 atom stereocenters. The van der Waals surface area contributed by atoms with Crippen LogP contribution in [0.5, 0.6) is 5.75 Å². The van der Waals surface area contributed by atoms with Gasteiger partial charge in [-0.3, -0.25) is 0 Å². The van der Waals surface area contributed by atoms with Crippen LogP contribution in [0.4, 0.5) is 11.8 Å². The number of nitrogens with zero attached hydrogens (tertiary/aromatic N) is 2. The van der Waals surface area contributed by atoms with E-state index in [1.54, 1.807) is 0 Å². The van der Waals surface area contributed by atoms with Crippen LogP contribution in [0.2, 0.25) is 0 Å². The molecule has 0 fully saturated rings. The van der Waals surface area contributed by atoms with Gasteiger partial charge in [0, 0.05) is 10.9 Å². The Morgan fingerprint density at radius 3 is 2.82 bits per heavy atom. The molecule has 0 saturated heterocycles. The van der Waals surface area contributed by atoms with Crippen LogP contribution in [0, 0.1) is 0 Å². The Balaban J connectivity index is 1.86. The first-order valence-corrected chi connectivity index (χ1v) is 6.72. The number of aromatic nitrogens is 2. The number of nitrogen functional groups attached to an aromatic ring is 2. The van der Waals surface area contributed by atoms with E-state index in [9.17, 15) is 0 Å². The van der Waals surface area contributed by atoms with Gasteiger partial charge in [0.05, 0.1) is 5.52 Å². The highest BCUT2D eigenvalue weighted by atomic mass is 17.2. The zero-order valence-electron chi connectivity index (χ0n) is 11.5. The maximum absolute atomic E-state index is 5.66. The van der Waals surface area contributed by atoms with Crippen molar-refractivity contribution in [2.45, 2.75) is 6.10 Å². The van der Waals surface area contributed by atoms with E-state index in [0.717, 1.165) is 22.3 Å². The van der Waals surface area contributed by atoms with E-state index >= 15 is 0 Å². The summed E-state index contributed by atoms with van der Waals surface area (Å²) in [6.45, 7) is 0. The van der Waals surface area contributed by atoms with Gasteiger partial charge in [-0.15, -0.1) is 0 Å². The van der Waals surface area contributed by atoms with Crippen molar-refractivity contribution in [3.63, 3.8) is 0 Å². The Labute approximate surface area is 125 Å². The zero-order chi connectivity index (χ0) is 15.1. The summed E-state index contributed by atoms with van der Waals surface area (Å²) in [5.41, 5.74) is 10.8. The first-order valence-electron chi connectivity index (χ1n) is 6.72. The lowest BCUT2D eigenvalue weighted by atomic mass is 10.00. The van der Waals surface area contributed by atoms with E-state index in [-0.39, 0.29) is 12.1 Å². The van der Waals surface area contributed by atoms with Crippen molar-refractivity contribution < 1.29 is 9.78 Å². The van der Waals surface area contributed by atoms with Crippen LogP contribution >= 0.6 is 0 Å². The number of anilines is 2. The molecule has 1 aliphatic heterocycles. The Bertz CT molecular complexity index is 868. The molecule has 3 aromatic rings. The molecule has 4 rings (SSSR count). The maximum Gasteiger partial charge on any atom is 0.222 e. The van der Waals surface area contributed by atoms with E-state index in [0.29, 0.717) is 11.3 Å². The minimum Gasteiger partial charge on any atom is -0.368 e. The van der Waals surface area contributed by atoms with Crippen molar-refractivity contribution in [3.05, 3.63) is 53.6 Å². The van der Waals surface area contributed by atoms with E-state index in [4.69, 9.17) is 21.4 Å². The van der Waals surface area contributed by atoms with Crippen LogP contribution in [-0.2, 0) is 4.89 Å².